The van der Waals surface area contributed by atoms with Crippen LogP contribution in [0.25, 0.3) is 105 Å². The van der Waals surface area contributed by atoms with Crippen LogP contribution >= 0.6 is 0 Å². The summed E-state index contributed by atoms with van der Waals surface area (Å²) in [7, 11) is 0. The Morgan fingerprint density at radius 1 is 0.385 bits per heavy atom. The molecule has 52 heavy (non-hydrogen) atoms. The van der Waals surface area contributed by atoms with E-state index in [2.05, 4.69) is 108 Å². The molecule has 242 valence electrons. The first-order valence-corrected chi connectivity index (χ1v) is 17.3. The number of oxazole rings is 1. The quantitative estimate of drug-likeness (QED) is 0.175. The van der Waals surface area contributed by atoms with Crippen molar-refractivity contribution in [3.8, 4) is 40.2 Å². The second kappa shape index (κ2) is 11.2. The van der Waals surface area contributed by atoms with Gasteiger partial charge in [0.2, 0.25) is 0 Å². The van der Waals surface area contributed by atoms with Gasteiger partial charge in [0.15, 0.2) is 23.1 Å². The molecule has 11 aromatic rings. The van der Waals surface area contributed by atoms with E-state index in [9.17, 15) is 0 Å². The van der Waals surface area contributed by atoms with Crippen molar-refractivity contribution in [2.24, 2.45) is 0 Å². The molecule has 0 unspecified atom stereocenters. The Morgan fingerprint density at radius 3 is 1.71 bits per heavy atom. The maximum Gasteiger partial charge on any atom is 0.307 e. The largest absolute Gasteiger partial charge is 0.423 e. The molecule has 0 saturated heterocycles. The summed E-state index contributed by atoms with van der Waals surface area (Å²) in [4.78, 5) is 20.4. The lowest BCUT2D eigenvalue weighted by molar-refractivity contribution is 0.574. The van der Waals surface area contributed by atoms with Crippen molar-refractivity contribution in [3.63, 3.8) is 0 Å². The topological polar surface area (TPSA) is 69.6 Å². The van der Waals surface area contributed by atoms with E-state index in [1.165, 1.54) is 32.3 Å². The van der Waals surface area contributed by atoms with E-state index in [0.29, 0.717) is 23.5 Å². The van der Waals surface area contributed by atoms with Gasteiger partial charge >= 0.3 is 6.01 Å². The minimum atomic E-state index is 0.516. The number of fused-ring (bicyclic) bond motifs is 10. The highest BCUT2D eigenvalue weighted by Crippen LogP contribution is 2.40. The van der Waals surface area contributed by atoms with Gasteiger partial charge in [0.1, 0.15) is 5.52 Å². The summed E-state index contributed by atoms with van der Waals surface area (Å²) in [5.41, 5.74) is 6.25. The van der Waals surface area contributed by atoms with Crippen LogP contribution in [0.4, 0.5) is 0 Å². The molecule has 6 nitrogen and oxygen atoms in total. The van der Waals surface area contributed by atoms with E-state index in [-0.39, 0.29) is 0 Å². The number of hydrogen-bond donors (Lipinski definition) is 0. The summed E-state index contributed by atoms with van der Waals surface area (Å²) < 4.78 is 8.42. The summed E-state index contributed by atoms with van der Waals surface area (Å²) in [6.45, 7) is 0. The van der Waals surface area contributed by atoms with Crippen LogP contribution in [0.1, 0.15) is 0 Å². The zero-order chi connectivity index (χ0) is 34.2. The van der Waals surface area contributed by atoms with Crippen molar-refractivity contribution >= 4 is 65.2 Å². The fourth-order valence-corrected chi connectivity index (χ4v) is 7.76. The number of rotatable bonds is 4. The minimum Gasteiger partial charge on any atom is -0.423 e. The van der Waals surface area contributed by atoms with Gasteiger partial charge in [-0.2, -0.15) is 4.98 Å². The summed E-state index contributed by atoms with van der Waals surface area (Å²) in [5, 5.41) is 9.35. The predicted octanol–water partition coefficient (Wildman–Crippen LogP) is 11.6. The molecule has 3 aromatic heterocycles. The molecule has 8 aromatic carbocycles. The van der Waals surface area contributed by atoms with Crippen molar-refractivity contribution in [2.75, 3.05) is 0 Å². The normalized spacial score (nSPS) is 11.8. The van der Waals surface area contributed by atoms with E-state index < -0.39 is 0 Å². The lowest BCUT2D eigenvalue weighted by atomic mass is 9.93. The van der Waals surface area contributed by atoms with E-state index >= 15 is 0 Å². The SMILES string of the molecule is c1ccc(-c2nc(-c3ccc4c5ccccc5c5ccccc5c4c3)nc(-c3cccc4c3c3ccccc3n4-c3nc4ccccc4o3)n2)cc1. The van der Waals surface area contributed by atoms with Crippen molar-refractivity contribution in [1.82, 2.24) is 24.5 Å². The molecule has 0 atom stereocenters. The smallest absolute Gasteiger partial charge is 0.307 e. The number of para-hydroxylation sites is 3. The lowest BCUT2D eigenvalue weighted by Crippen LogP contribution is -2.00. The third-order valence-corrected chi connectivity index (χ3v) is 10.1. The van der Waals surface area contributed by atoms with E-state index in [1.54, 1.807) is 0 Å². The minimum absolute atomic E-state index is 0.516. The highest BCUT2D eigenvalue weighted by atomic mass is 16.4. The average Bonchev–Trinajstić information content (AvgIpc) is 3.80. The van der Waals surface area contributed by atoms with Gasteiger partial charge in [0.05, 0.1) is 11.0 Å². The Labute approximate surface area is 297 Å². The van der Waals surface area contributed by atoms with Crippen LogP contribution in [0.2, 0.25) is 0 Å². The molecular formula is C46H27N5O. The molecule has 6 heteroatoms. The molecule has 11 rings (SSSR count). The third-order valence-electron chi connectivity index (χ3n) is 10.1. The van der Waals surface area contributed by atoms with Gasteiger partial charge in [-0.3, -0.25) is 4.57 Å². The van der Waals surface area contributed by atoms with Gasteiger partial charge in [-0.25, -0.2) is 15.0 Å². The predicted molar refractivity (Wildman–Crippen MR) is 211 cm³/mol. The molecular weight excluding hydrogens is 639 g/mol. The zero-order valence-electron chi connectivity index (χ0n) is 27.7. The molecule has 0 fully saturated rings. The zero-order valence-corrected chi connectivity index (χ0v) is 27.7. The van der Waals surface area contributed by atoms with Gasteiger partial charge in [0.25, 0.3) is 0 Å². The molecule has 3 heterocycles. The molecule has 0 N–H and O–H groups in total. The lowest BCUT2D eigenvalue weighted by Gasteiger charge is -2.13. The summed E-state index contributed by atoms with van der Waals surface area (Å²) >= 11 is 0. The summed E-state index contributed by atoms with van der Waals surface area (Å²) in [6, 6.07) is 56.9. The first kappa shape index (κ1) is 28.6. The van der Waals surface area contributed by atoms with Crippen molar-refractivity contribution in [1.29, 1.82) is 0 Å². The van der Waals surface area contributed by atoms with E-state index in [0.717, 1.165) is 49.6 Å². The van der Waals surface area contributed by atoms with Gasteiger partial charge in [-0.15, -0.1) is 0 Å². The molecule has 0 aliphatic carbocycles. The number of benzene rings is 8. The van der Waals surface area contributed by atoms with Gasteiger partial charge in [-0.05, 0) is 62.6 Å². The van der Waals surface area contributed by atoms with Crippen LogP contribution in [0.5, 0.6) is 0 Å². The Kier molecular flexibility index (Phi) is 6.15. The van der Waals surface area contributed by atoms with Gasteiger partial charge in [0, 0.05) is 27.5 Å². The van der Waals surface area contributed by atoms with Gasteiger partial charge < -0.3 is 4.42 Å². The highest BCUT2D eigenvalue weighted by molar-refractivity contribution is 6.25. The first-order chi connectivity index (χ1) is 25.8. The average molecular weight is 666 g/mol. The fraction of sp³-hybridized carbons (Fsp3) is 0. The molecule has 0 saturated carbocycles. The molecule has 0 aliphatic heterocycles. The van der Waals surface area contributed by atoms with Crippen LogP contribution in [0.15, 0.2) is 168 Å². The Bertz CT molecular complexity index is 3130. The third kappa shape index (κ3) is 4.31. The second-order valence-electron chi connectivity index (χ2n) is 13.0. The number of aromatic nitrogens is 5. The van der Waals surface area contributed by atoms with E-state index in [1.807, 2.05) is 60.7 Å². The fourth-order valence-electron chi connectivity index (χ4n) is 7.76. The van der Waals surface area contributed by atoms with E-state index in [4.69, 9.17) is 24.4 Å². The number of hydrogen-bond acceptors (Lipinski definition) is 5. The molecule has 0 amide bonds. The second-order valence-corrected chi connectivity index (χ2v) is 13.0. The van der Waals surface area contributed by atoms with Crippen LogP contribution in [-0.2, 0) is 0 Å². The van der Waals surface area contributed by atoms with Crippen molar-refractivity contribution in [2.45, 2.75) is 0 Å². The van der Waals surface area contributed by atoms with Crippen LogP contribution < -0.4 is 0 Å². The standard InChI is InChI=1S/C46H27N5O/c1-2-13-28(14-3-1)43-48-44(29-25-26-34-32-17-5-4-15-30(32)31-16-6-7-18-33(31)37(34)27-29)50-45(49-43)36-20-12-23-40-42(36)35-19-8-10-22-39(35)51(40)46-47-38-21-9-11-24-41(38)52-46/h1-27H. The number of nitrogens with zero attached hydrogens (tertiary/aromatic N) is 5. The van der Waals surface area contributed by atoms with Crippen LogP contribution in [0.3, 0.4) is 0 Å². The van der Waals surface area contributed by atoms with Crippen molar-refractivity contribution in [3.05, 3.63) is 164 Å². The van der Waals surface area contributed by atoms with Crippen LogP contribution in [-0.4, -0.2) is 24.5 Å². The monoisotopic (exact) mass is 665 g/mol. The first-order valence-electron chi connectivity index (χ1n) is 17.3. The Morgan fingerprint density at radius 2 is 0.962 bits per heavy atom. The maximum atomic E-state index is 6.33. The summed E-state index contributed by atoms with van der Waals surface area (Å²) in [6.07, 6.45) is 0. The molecule has 0 aliphatic rings. The van der Waals surface area contributed by atoms with Crippen LogP contribution in [0, 0.1) is 0 Å². The Hall–Kier alpha value is -7.18. The maximum absolute atomic E-state index is 6.33. The molecule has 0 radical (unpaired) electrons. The molecule has 0 spiro atoms. The van der Waals surface area contributed by atoms with Gasteiger partial charge in [-0.1, -0.05) is 133 Å². The van der Waals surface area contributed by atoms with Crippen molar-refractivity contribution < 1.29 is 4.42 Å². The summed E-state index contributed by atoms with van der Waals surface area (Å²) in [5.74, 6) is 1.82. The highest BCUT2D eigenvalue weighted by Gasteiger charge is 2.22. The Balaban J connectivity index is 1.18. The molecule has 0 bridgehead atoms.